The minimum Gasteiger partial charge on any atom is -0.493 e. The van der Waals surface area contributed by atoms with Gasteiger partial charge in [0, 0.05) is 25.7 Å². The summed E-state index contributed by atoms with van der Waals surface area (Å²) < 4.78 is 16.3. The summed E-state index contributed by atoms with van der Waals surface area (Å²) in [5.74, 6) is 2.23. The quantitative estimate of drug-likeness (QED) is 0.617. The number of hydrogen-bond donors (Lipinski definition) is 0. The largest absolute Gasteiger partial charge is 0.493 e. The third-order valence-electron chi connectivity index (χ3n) is 6.50. The maximum absolute atomic E-state index is 13.1. The van der Waals surface area contributed by atoms with Crippen molar-refractivity contribution in [2.24, 2.45) is 0 Å². The van der Waals surface area contributed by atoms with Crippen LogP contribution >= 0.6 is 0 Å². The lowest BCUT2D eigenvalue weighted by molar-refractivity contribution is -0.141. The Morgan fingerprint density at radius 1 is 0.935 bits per heavy atom. The molecule has 2 bridgehead atoms. The van der Waals surface area contributed by atoms with E-state index in [1.807, 2.05) is 18.2 Å². The molecule has 2 aromatic rings. The Hall–Kier alpha value is -2.73. The van der Waals surface area contributed by atoms with E-state index in [2.05, 4.69) is 34.1 Å². The predicted molar refractivity (Wildman–Crippen MR) is 120 cm³/mol. The highest BCUT2D eigenvalue weighted by Gasteiger charge is 2.44. The van der Waals surface area contributed by atoms with Gasteiger partial charge < -0.3 is 19.1 Å². The highest BCUT2D eigenvalue weighted by atomic mass is 16.5. The van der Waals surface area contributed by atoms with E-state index in [-0.39, 0.29) is 11.9 Å². The van der Waals surface area contributed by atoms with Crippen LogP contribution in [0.2, 0.25) is 0 Å². The van der Waals surface area contributed by atoms with Gasteiger partial charge in [0.1, 0.15) is 0 Å². The maximum Gasteiger partial charge on any atom is 0.240 e. The summed E-state index contributed by atoms with van der Waals surface area (Å²) in [4.78, 5) is 17.6. The van der Waals surface area contributed by atoms with Crippen LogP contribution in [0.3, 0.4) is 0 Å². The monoisotopic (exact) mass is 424 g/mol. The molecular weight excluding hydrogens is 392 g/mol. The van der Waals surface area contributed by atoms with Crippen LogP contribution < -0.4 is 14.2 Å². The molecule has 2 saturated heterocycles. The van der Waals surface area contributed by atoms with Gasteiger partial charge in [0.2, 0.25) is 11.7 Å². The second kappa shape index (κ2) is 9.60. The van der Waals surface area contributed by atoms with Gasteiger partial charge in [-0.05, 0) is 48.9 Å². The van der Waals surface area contributed by atoms with Crippen LogP contribution in [0, 0.1) is 0 Å². The van der Waals surface area contributed by atoms with Crippen molar-refractivity contribution in [2.45, 2.75) is 44.3 Å². The Kier molecular flexibility index (Phi) is 6.66. The van der Waals surface area contributed by atoms with Crippen molar-refractivity contribution < 1.29 is 19.0 Å². The van der Waals surface area contributed by atoms with Gasteiger partial charge in [-0.1, -0.05) is 30.3 Å². The van der Waals surface area contributed by atoms with Crippen molar-refractivity contribution in [3.05, 3.63) is 53.6 Å². The van der Waals surface area contributed by atoms with E-state index in [1.54, 1.807) is 21.3 Å². The summed E-state index contributed by atoms with van der Waals surface area (Å²) >= 11 is 0. The number of ether oxygens (including phenoxy) is 3. The number of carbonyl (C=O) groups excluding carboxylic acids is 1. The van der Waals surface area contributed by atoms with Crippen molar-refractivity contribution >= 4 is 5.91 Å². The molecule has 0 aromatic heterocycles. The number of benzene rings is 2. The number of piperazine rings is 1. The summed E-state index contributed by atoms with van der Waals surface area (Å²) in [5.41, 5.74) is 2.40. The summed E-state index contributed by atoms with van der Waals surface area (Å²) in [5, 5.41) is 0. The highest BCUT2D eigenvalue weighted by molar-refractivity contribution is 5.83. The summed E-state index contributed by atoms with van der Waals surface area (Å²) in [6, 6.07) is 14.9. The van der Waals surface area contributed by atoms with Gasteiger partial charge in [0.05, 0.1) is 27.4 Å². The van der Waals surface area contributed by atoms with Crippen molar-refractivity contribution in [3.63, 3.8) is 0 Å². The maximum atomic E-state index is 13.1. The Morgan fingerprint density at radius 3 is 2.29 bits per heavy atom. The van der Waals surface area contributed by atoms with E-state index < -0.39 is 0 Å². The Balaban J connectivity index is 1.36. The molecule has 166 valence electrons. The van der Waals surface area contributed by atoms with Gasteiger partial charge in [0.25, 0.3) is 0 Å². The fraction of sp³-hybridized carbons (Fsp3) is 0.480. The zero-order valence-corrected chi connectivity index (χ0v) is 18.7. The van der Waals surface area contributed by atoms with E-state index in [0.717, 1.165) is 50.9 Å². The van der Waals surface area contributed by atoms with E-state index in [9.17, 15) is 4.79 Å². The normalized spacial score (nSPS) is 20.7. The number of nitrogens with zero attached hydrogens (tertiary/aromatic N) is 2. The van der Waals surface area contributed by atoms with Crippen molar-refractivity contribution in [1.82, 2.24) is 9.80 Å². The molecule has 0 unspecified atom stereocenters. The van der Waals surface area contributed by atoms with E-state index in [1.165, 1.54) is 5.56 Å². The van der Waals surface area contributed by atoms with Gasteiger partial charge in [-0.25, -0.2) is 0 Å². The van der Waals surface area contributed by atoms with Crippen LogP contribution in [0.4, 0.5) is 0 Å². The van der Waals surface area contributed by atoms with Gasteiger partial charge in [0.15, 0.2) is 11.5 Å². The standard InChI is InChI=1S/C25H32N2O4/c1-29-22-14-19(15-23(30-2)24(22)31-3)10-7-13-26-17-20-11-12-21(25(26)28)27(20)16-18-8-5-4-6-9-18/h4-6,8-9,14-15,20-21H,7,10-13,16-17H2,1-3H3/t20-,21+/m1/s1. The molecule has 2 aliphatic heterocycles. The molecule has 2 aliphatic rings. The van der Waals surface area contributed by atoms with Crippen molar-refractivity contribution in [2.75, 3.05) is 34.4 Å². The molecule has 31 heavy (non-hydrogen) atoms. The topological polar surface area (TPSA) is 51.2 Å². The lowest BCUT2D eigenvalue weighted by Gasteiger charge is -2.40. The summed E-state index contributed by atoms with van der Waals surface area (Å²) in [6.45, 7) is 2.47. The number of amides is 1. The molecule has 0 aliphatic carbocycles. The molecule has 0 saturated carbocycles. The number of carbonyl (C=O) groups is 1. The first-order valence-corrected chi connectivity index (χ1v) is 11.0. The lowest BCUT2D eigenvalue weighted by Crippen LogP contribution is -2.56. The number of fused-ring (bicyclic) bond motifs is 2. The van der Waals surface area contributed by atoms with Crippen LogP contribution in [0.5, 0.6) is 17.2 Å². The molecular formula is C25H32N2O4. The molecule has 2 fully saturated rings. The average Bonchev–Trinajstić information content (AvgIpc) is 3.11. The smallest absolute Gasteiger partial charge is 0.240 e. The fourth-order valence-corrected chi connectivity index (χ4v) is 4.94. The van der Waals surface area contributed by atoms with Crippen molar-refractivity contribution in [1.29, 1.82) is 0 Å². The molecule has 0 N–H and O–H groups in total. The van der Waals surface area contributed by atoms with Gasteiger partial charge >= 0.3 is 0 Å². The number of hydrogen-bond acceptors (Lipinski definition) is 5. The average molecular weight is 425 g/mol. The first-order valence-electron chi connectivity index (χ1n) is 11.0. The first-order chi connectivity index (χ1) is 15.1. The van der Waals surface area contributed by atoms with Crippen LogP contribution in [0.15, 0.2) is 42.5 Å². The number of rotatable bonds is 9. The van der Waals surface area contributed by atoms with E-state index in [4.69, 9.17) is 14.2 Å². The first kappa shape index (κ1) is 21.5. The fourth-order valence-electron chi connectivity index (χ4n) is 4.94. The van der Waals surface area contributed by atoms with Crippen LogP contribution in [-0.4, -0.2) is 62.2 Å². The van der Waals surface area contributed by atoms with Gasteiger partial charge in [-0.3, -0.25) is 9.69 Å². The Labute approximate surface area is 184 Å². The minimum atomic E-state index is 0.0279. The van der Waals surface area contributed by atoms with Crippen LogP contribution in [0.25, 0.3) is 0 Å². The molecule has 2 atom stereocenters. The SMILES string of the molecule is COc1cc(CCCN2C[C@H]3CC[C@@H](C2=O)N3Cc2ccccc2)cc(OC)c1OC. The minimum absolute atomic E-state index is 0.0279. The predicted octanol–water partition coefficient (Wildman–Crippen LogP) is 3.52. The molecule has 2 heterocycles. The summed E-state index contributed by atoms with van der Waals surface area (Å²) in [7, 11) is 4.87. The second-order valence-electron chi connectivity index (χ2n) is 8.33. The molecule has 2 aromatic carbocycles. The molecule has 6 nitrogen and oxygen atoms in total. The number of likely N-dealkylation sites (tertiary alicyclic amines) is 1. The van der Waals surface area contributed by atoms with E-state index >= 15 is 0 Å². The molecule has 0 spiro atoms. The molecule has 4 rings (SSSR count). The molecule has 0 radical (unpaired) electrons. The van der Waals surface area contributed by atoms with Crippen molar-refractivity contribution in [3.8, 4) is 17.2 Å². The molecule has 1 amide bonds. The molecule has 6 heteroatoms. The van der Waals surface area contributed by atoms with Crippen LogP contribution in [-0.2, 0) is 17.8 Å². The Bertz CT molecular complexity index is 877. The highest BCUT2D eigenvalue weighted by Crippen LogP contribution is 2.38. The second-order valence-corrected chi connectivity index (χ2v) is 8.33. The lowest BCUT2D eigenvalue weighted by atomic mass is 10.1. The third kappa shape index (κ3) is 4.49. The Morgan fingerprint density at radius 2 is 1.65 bits per heavy atom. The number of methoxy groups -OCH3 is 3. The van der Waals surface area contributed by atoms with Crippen LogP contribution in [0.1, 0.15) is 30.4 Å². The summed E-state index contributed by atoms with van der Waals surface area (Å²) in [6.07, 6.45) is 3.83. The van der Waals surface area contributed by atoms with E-state index in [0.29, 0.717) is 23.3 Å². The zero-order valence-electron chi connectivity index (χ0n) is 18.7. The number of aryl methyl sites for hydroxylation is 1. The van der Waals surface area contributed by atoms with Gasteiger partial charge in [-0.15, -0.1) is 0 Å². The zero-order chi connectivity index (χ0) is 21.8. The van der Waals surface area contributed by atoms with Gasteiger partial charge in [-0.2, -0.15) is 0 Å². The third-order valence-corrected chi connectivity index (χ3v) is 6.50.